The lowest BCUT2D eigenvalue weighted by molar-refractivity contribution is -0.348. The van der Waals surface area contributed by atoms with Gasteiger partial charge in [-0.05, 0) is 13.3 Å². The third-order valence-corrected chi connectivity index (χ3v) is 3.79. The first-order chi connectivity index (χ1) is 12.0. The van der Waals surface area contributed by atoms with Crippen molar-refractivity contribution in [3.63, 3.8) is 0 Å². The summed E-state index contributed by atoms with van der Waals surface area (Å²) in [6, 6.07) is 0. The number of amides is 1. The summed E-state index contributed by atoms with van der Waals surface area (Å²) in [5.74, 6) is -8.09. The van der Waals surface area contributed by atoms with Gasteiger partial charge in [0.25, 0.3) is 0 Å². The SMILES string of the molecule is C=C(C)C(=O)OC(OCCC(F)(F)S(=O)(=O)[O-])(C(=O)NCCC)C(F)(F)F. The molecule has 8 nitrogen and oxygen atoms in total. The minimum atomic E-state index is -6.19. The zero-order valence-corrected chi connectivity index (χ0v) is 15.0. The molecule has 1 atom stereocenters. The highest BCUT2D eigenvalue weighted by Crippen LogP contribution is 2.37. The Morgan fingerprint density at radius 2 is 1.70 bits per heavy atom. The number of nitrogens with one attached hydrogen (secondary N) is 1. The fraction of sp³-hybridized carbons (Fsp3) is 0.692. The van der Waals surface area contributed by atoms with Crippen LogP contribution in [-0.4, -0.2) is 55.2 Å². The van der Waals surface area contributed by atoms with Gasteiger partial charge < -0.3 is 19.3 Å². The minimum absolute atomic E-state index is 0.167. The molecule has 0 aliphatic heterocycles. The smallest absolute Gasteiger partial charge is 0.466 e. The molecule has 0 radical (unpaired) electrons. The zero-order chi connectivity index (χ0) is 21.7. The van der Waals surface area contributed by atoms with E-state index in [0.29, 0.717) is 0 Å². The maximum atomic E-state index is 13.5. The van der Waals surface area contributed by atoms with Crippen LogP contribution in [0, 0.1) is 0 Å². The number of hydrogen-bond donors (Lipinski definition) is 1. The summed E-state index contributed by atoms with van der Waals surface area (Å²) in [4.78, 5) is 23.5. The molecule has 27 heavy (non-hydrogen) atoms. The van der Waals surface area contributed by atoms with E-state index in [1.54, 1.807) is 5.32 Å². The average molecular weight is 426 g/mol. The topological polar surface area (TPSA) is 122 Å². The molecule has 0 fully saturated rings. The van der Waals surface area contributed by atoms with Gasteiger partial charge in [-0.3, -0.25) is 4.79 Å². The lowest BCUT2D eigenvalue weighted by Gasteiger charge is -2.33. The molecule has 0 aromatic rings. The van der Waals surface area contributed by atoms with E-state index in [4.69, 9.17) is 0 Å². The third-order valence-electron chi connectivity index (χ3n) is 2.86. The Morgan fingerprint density at radius 3 is 2.07 bits per heavy atom. The van der Waals surface area contributed by atoms with Crippen molar-refractivity contribution in [2.45, 2.75) is 43.9 Å². The van der Waals surface area contributed by atoms with Gasteiger partial charge in [-0.1, -0.05) is 13.5 Å². The summed E-state index contributed by atoms with van der Waals surface area (Å²) >= 11 is 0. The Bertz CT molecular complexity index is 677. The van der Waals surface area contributed by atoms with Gasteiger partial charge in [-0.2, -0.15) is 22.0 Å². The fourth-order valence-corrected chi connectivity index (χ4v) is 1.75. The van der Waals surface area contributed by atoms with E-state index in [1.165, 1.54) is 6.92 Å². The van der Waals surface area contributed by atoms with Crippen molar-refractivity contribution < 1.29 is 54.0 Å². The van der Waals surface area contributed by atoms with Crippen LogP contribution in [0.4, 0.5) is 22.0 Å². The summed E-state index contributed by atoms with van der Waals surface area (Å²) in [5, 5.41) is -3.23. The average Bonchev–Trinajstić information content (AvgIpc) is 2.48. The zero-order valence-electron chi connectivity index (χ0n) is 14.2. The number of alkyl halides is 5. The van der Waals surface area contributed by atoms with Crippen LogP contribution in [0.1, 0.15) is 26.7 Å². The fourth-order valence-electron chi connectivity index (χ4n) is 1.42. The first kappa shape index (κ1) is 25.2. The molecule has 1 amide bonds. The molecule has 0 rings (SSSR count). The molecule has 0 aromatic carbocycles. The van der Waals surface area contributed by atoms with Crippen LogP contribution in [0.25, 0.3) is 0 Å². The van der Waals surface area contributed by atoms with Gasteiger partial charge in [0.1, 0.15) is 0 Å². The Hall–Kier alpha value is -1.80. The first-order valence-electron chi connectivity index (χ1n) is 7.23. The van der Waals surface area contributed by atoms with Crippen molar-refractivity contribution in [2.75, 3.05) is 13.2 Å². The van der Waals surface area contributed by atoms with Crippen molar-refractivity contribution in [1.29, 1.82) is 0 Å². The van der Waals surface area contributed by atoms with Crippen LogP contribution in [0.15, 0.2) is 12.2 Å². The van der Waals surface area contributed by atoms with E-state index in [0.717, 1.165) is 6.92 Å². The monoisotopic (exact) mass is 426 g/mol. The summed E-state index contributed by atoms with van der Waals surface area (Å²) in [6.07, 6.45) is -7.58. The van der Waals surface area contributed by atoms with Crippen molar-refractivity contribution in [3.05, 3.63) is 12.2 Å². The highest BCUT2D eigenvalue weighted by atomic mass is 32.2. The van der Waals surface area contributed by atoms with Crippen LogP contribution < -0.4 is 5.32 Å². The maximum absolute atomic E-state index is 13.5. The van der Waals surface area contributed by atoms with Crippen LogP contribution in [-0.2, 0) is 29.2 Å². The maximum Gasteiger partial charge on any atom is 0.466 e. The van der Waals surface area contributed by atoms with Crippen molar-refractivity contribution in [1.82, 2.24) is 5.32 Å². The Morgan fingerprint density at radius 1 is 1.19 bits per heavy atom. The van der Waals surface area contributed by atoms with E-state index in [9.17, 15) is 44.5 Å². The molecule has 0 saturated carbocycles. The van der Waals surface area contributed by atoms with Gasteiger partial charge >= 0.3 is 29.1 Å². The lowest BCUT2D eigenvalue weighted by atomic mass is 10.2. The summed E-state index contributed by atoms with van der Waals surface area (Å²) in [7, 11) is -6.19. The molecular formula is C13H17F5NO7S-. The normalized spacial score (nSPS) is 15.0. The molecule has 0 spiro atoms. The molecular weight excluding hydrogens is 409 g/mol. The van der Waals surface area contributed by atoms with Crippen LogP contribution in [0.5, 0.6) is 0 Å². The first-order valence-corrected chi connectivity index (χ1v) is 8.63. The molecule has 1 unspecified atom stereocenters. The van der Waals surface area contributed by atoms with Crippen molar-refractivity contribution in [3.8, 4) is 0 Å². The number of carbonyl (C=O) groups is 2. The summed E-state index contributed by atoms with van der Waals surface area (Å²) in [6.45, 7) is 3.39. The van der Waals surface area contributed by atoms with Gasteiger partial charge in [0.05, 0.1) is 6.61 Å². The van der Waals surface area contributed by atoms with E-state index >= 15 is 0 Å². The second-order valence-electron chi connectivity index (χ2n) is 5.23. The lowest BCUT2D eigenvalue weighted by Crippen LogP contribution is -2.62. The molecule has 0 heterocycles. The quantitative estimate of drug-likeness (QED) is 0.184. The van der Waals surface area contributed by atoms with Crippen molar-refractivity contribution >= 4 is 22.0 Å². The number of carbonyl (C=O) groups excluding carboxylic acids is 2. The highest BCUT2D eigenvalue weighted by Gasteiger charge is 2.66. The van der Waals surface area contributed by atoms with E-state index in [-0.39, 0.29) is 13.0 Å². The number of ether oxygens (including phenoxy) is 2. The molecule has 0 aliphatic rings. The van der Waals surface area contributed by atoms with Gasteiger partial charge in [0, 0.05) is 18.5 Å². The van der Waals surface area contributed by atoms with E-state index < -0.39 is 57.8 Å². The number of hydrogen-bond acceptors (Lipinski definition) is 7. The molecule has 0 bridgehead atoms. The number of halogens is 5. The Labute approximate surface area is 151 Å². The van der Waals surface area contributed by atoms with Gasteiger partial charge in [-0.15, -0.1) is 0 Å². The molecule has 0 saturated heterocycles. The van der Waals surface area contributed by atoms with Gasteiger partial charge in [0.15, 0.2) is 10.1 Å². The Balaban J connectivity index is 5.82. The van der Waals surface area contributed by atoms with Crippen LogP contribution in [0.3, 0.4) is 0 Å². The molecule has 14 heteroatoms. The van der Waals surface area contributed by atoms with Crippen molar-refractivity contribution in [2.24, 2.45) is 0 Å². The van der Waals surface area contributed by atoms with Gasteiger partial charge in [0.2, 0.25) is 0 Å². The number of rotatable bonds is 10. The summed E-state index contributed by atoms with van der Waals surface area (Å²) in [5.41, 5.74) is -0.567. The van der Waals surface area contributed by atoms with Crippen LogP contribution in [0.2, 0.25) is 0 Å². The van der Waals surface area contributed by atoms with Crippen LogP contribution >= 0.6 is 0 Å². The Kier molecular flexibility index (Phi) is 8.33. The molecule has 0 aliphatic carbocycles. The number of esters is 1. The standard InChI is InChI=1S/C13H18F5NO7S/c1-4-6-19-10(21)12(13(16,17)18,26-9(20)8(2)3)25-7-5-11(14,15)27(22,23)24/h2,4-7H2,1,3H3,(H,19,21)(H,22,23,24)/p-1. The predicted molar refractivity (Wildman–Crippen MR) is 78.2 cm³/mol. The van der Waals surface area contributed by atoms with Gasteiger partial charge in [-0.25, -0.2) is 13.2 Å². The summed E-state index contributed by atoms with van der Waals surface area (Å²) < 4.78 is 106. The third kappa shape index (κ3) is 6.39. The molecule has 0 aromatic heterocycles. The predicted octanol–water partition coefficient (Wildman–Crippen LogP) is 1.44. The van der Waals surface area contributed by atoms with E-state index in [1.807, 2.05) is 0 Å². The largest absolute Gasteiger partial charge is 0.743 e. The highest BCUT2D eigenvalue weighted by molar-refractivity contribution is 7.86. The second kappa shape index (κ2) is 8.93. The second-order valence-corrected chi connectivity index (χ2v) is 6.74. The molecule has 1 N–H and O–H groups in total. The minimum Gasteiger partial charge on any atom is -0.743 e. The molecule has 158 valence electrons. The van der Waals surface area contributed by atoms with E-state index in [2.05, 4.69) is 16.1 Å².